The van der Waals surface area contributed by atoms with Crippen molar-refractivity contribution in [1.29, 1.82) is 0 Å². The molecule has 3 rings (SSSR count). The molecule has 9 heteroatoms. The van der Waals surface area contributed by atoms with Gasteiger partial charge in [0.25, 0.3) is 0 Å². The van der Waals surface area contributed by atoms with Gasteiger partial charge in [-0.25, -0.2) is 0 Å². The summed E-state index contributed by atoms with van der Waals surface area (Å²) in [6.07, 6.45) is 7.15. The fourth-order valence-corrected chi connectivity index (χ4v) is 4.16. The summed E-state index contributed by atoms with van der Waals surface area (Å²) in [6.45, 7) is 0. The van der Waals surface area contributed by atoms with Gasteiger partial charge in [0.2, 0.25) is 0 Å². The van der Waals surface area contributed by atoms with Crippen LogP contribution in [-0.2, 0) is 16.5 Å². The van der Waals surface area contributed by atoms with E-state index in [1.54, 1.807) is 12.2 Å². The van der Waals surface area contributed by atoms with Crippen LogP contribution in [0, 0.1) is 0 Å². The maximum absolute atomic E-state index is 13.0. The number of aliphatic hydroxyl groups is 1. The topological polar surface area (TPSA) is 72.8 Å². The molecule has 37 heavy (non-hydrogen) atoms. The lowest BCUT2D eigenvalue weighted by Crippen LogP contribution is -2.32. The Hall–Kier alpha value is -3.56. The average molecular weight is 533 g/mol. The maximum Gasteiger partial charge on any atom is 0.534 e. The van der Waals surface area contributed by atoms with Gasteiger partial charge < -0.3 is 14.0 Å². The molecule has 0 aliphatic rings. The fraction of sp³-hybridized carbons (Fsp3) is 0.214. The van der Waals surface area contributed by atoms with Crippen LogP contribution in [0.15, 0.2) is 91.0 Å². The molecule has 0 aromatic heterocycles. The van der Waals surface area contributed by atoms with Gasteiger partial charge in [-0.1, -0.05) is 91.0 Å². The van der Waals surface area contributed by atoms with Gasteiger partial charge in [0, 0.05) is 12.0 Å². The molecule has 1 N–H and O–H groups in total. The maximum atomic E-state index is 13.0. The quantitative estimate of drug-likeness (QED) is 0.228. The first-order valence-electron chi connectivity index (χ1n) is 11.4. The predicted octanol–water partition coefficient (Wildman–Crippen LogP) is 6.40. The first-order chi connectivity index (χ1) is 17.5. The Bertz CT molecular complexity index is 1270. The fourth-order valence-electron chi connectivity index (χ4n) is 3.67. The number of rotatable bonds is 11. The Kier molecular flexibility index (Phi) is 9.18. The number of alkyl halides is 3. The number of methoxy groups -OCH3 is 1. The molecule has 0 bridgehead atoms. The average Bonchev–Trinajstić information content (AvgIpc) is 2.85. The molecule has 0 heterocycles. The van der Waals surface area contributed by atoms with Crippen molar-refractivity contribution in [2.75, 3.05) is 7.11 Å². The van der Waals surface area contributed by atoms with Gasteiger partial charge >= 0.3 is 15.6 Å². The van der Waals surface area contributed by atoms with Gasteiger partial charge in [-0.05, 0) is 36.1 Å². The van der Waals surface area contributed by atoms with Crippen molar-refractivity contribution < 1.29 is 35.6 Å². The molecule has 196 valence electrons. The Morgan fingerprint density at radius 2 is 1.27 bits per heavy atom. The van der Waals surface area contributed by atoms with Crippen LogP contribution in [0.5, 0.6) is 11.5 Å². The number of benzene rings is 3. The van der Waals surface area contributed by atoms with E-state index in [4.69, 9.17) is 4.74 Å². The van der Waals surface area contributed by atoms with Gasteiger partial charge in [0.15, 0.2) is 0 Å². The summed E-state index contributed by atoms with van der Waals surface area (Å²) in [7, 11) is -4.63. The van der Waals surface area contributed by atoms with Crippen LogP contribution in [0.2, 0.25) is 0 Å². The molecule has 0 aliphatic carbocycles. The summed E-state index contributed by atoms with van der Waals surface area (Å²) in [5.74, 6) is -0.471. The Morgan fingerprint density at radius 3 is 1.73 bits per heavy atom. The molecule has 0 unspecified atom stereocenters. The Morgan fingerprint density at radius 1 is 0.784 bits per heavy atom. The molecule has 0 atom stereocenters. The Labute approximate surface area is 214 Å². The molecule has 0 fully saturated rings. The standard InChI is InChI=1S/C28H27F3O5S/c1-35-25-17-8-18-26(36-37(33,34)28(29,30)31)24(25)21-27(32,19-9-15-22-11-4-2-5-12-22)20-10-16-23-13-6-3-7-14-23/h2-18,32H,19-21H2,1H3/b15-9+,16-10+. The summed E-state index contributed by atoms with van der Waals surface area (Å²) in [5, 5.41) is 11.6. The molecule has 0 aliphatic heterocycles. The van der Waals surface area contributed by atoms with E-state index in [1.807, 2.05) is 72.8 Å². The summed E-state index contributed by atoms with van der Waals surface area (Å²) >= 11 is 0. The summed E-state index contributed by atoms with van der Waals surface area (Å²) < 4.78 is 72.2. The van der Waals surface area contributed by atoms with Crippen LogP contribution in [0.25, 0.3) is 12.2 Å². The molecule has 5 nitrogen and oxygen atoms in total. The lowest BCUT2D eigenvalue weighted by atomic mass is 9.86. The van der Waals surface area contributed by atoms with Crippen LogP contribution in [-0.4, -0.2) is 31.7 Å². The zero-order valence-corrected chi connectivity index (χ0v) is 20.9. The first-order valence-corrected chi connectivity index (χ1v) is 12.8. The van der Waals surface area contributed by atoms with Crippen LogP contribution < -0.4 is 8.92 Å². The van der Waals surface area contributed by atoms with E-state index in [9.17, 15) is 26.7 Å². The van der Waals surface area contributed by atoms with E-state index in [1.165, 1.54) is 19.2 Å². The highest BCUT2D eigenvalue weighted by Gasteiger charge is 2.49. The van der Waals surface area contributed by atoms with Crippen LogP contribution >= 0.6 is 0 Å². The Balaban J connectivity index is 1.95. The molecule has 0 spiro atoms. The normalized spacial score (nSPS) is 12.8. The van der Waals surface area contributed by atoms with Crippen LogP contribution in [0.3, 0.4) is 0 Å². The number of halogens is 3. The van der Waals surface area contributed by atoms with Gasteiger partial charge in [0.05, 0.1) is 12.7 Å². The second-order valence-corrected chi connectivity index (χ2v) is 9.89. The highest BCUT2D eigenvalue weighted by molar-refractivity contribution is 7.88. The number of hydrogen-bond acceptors (Lipinski definition) is 5. The first kappa shape index (κ1) is 28.0. The van der Waals surface area contributed by atoms with E-state index in [2.05, 4.69) is 4.18 Å². The molecular formula is C28H27F3O5S. The highest BCUT2D eigenvalue weighted by atomic mass is 32.2. The lowest BCUT2D eigenvalue weighted by molar-refractivity contribution is -0.0500. The van der Waals surface area contributed by atoms with Crippen molar-refractivity contribution in [3.05, 3.63) is 108 Å². The highest BCUT2D eigenvalue weighted by Crippen LogP contribution is 2.37. The lowest BCUT2D eigenvalue weighted by Gasteiger charge is -2.28. The largest absolute Gasteiger partial charge is 0.534 e. The molecule has 0 amide bonds. The third-order valence-electron chi connectivity index (χ3n) is 5.51. The molecule has 3 aromatic rings. The van der Waals surface area contributed by atoms with E-state index in [-0.39, 0.29) is 30.6 Å². The molecule has 3 aromatic carbocycles. The van der Waals surface area contributed by atoms with E-state index in [0.29, 0.717) is 0 Å². The molecule has 0 radical (unpaired) electrons. The summed E-state index contributed by atoms with van der Waals surface area (Å²) in [6, 6.07) is 22.7. The SMILES string of the molecule is COc1cccc(OS(=O)(=O)C(F)(F)F)c1CC(O)(C/C=C/c1ccccc1)C/C=C/c1ccccc1. The van der Waals surface area contributed by atoms with Crippen molar-refractivity contribution in [3.63, 3.8) is 0 Å². The third kappa shape index (κ3) is 7.96. The zero-order chi connectivity index (χ0) is 26.9. The van der Waals surface area contributed by atoms with Gasteiger partial charge in [-0.15, -0.1) is 0 Å². The second kappa shape index (κ2) is 12.1. The molecular weight excluding hydrogens is 505 g/mol. The minimum atomic E-state index is -5.92. The van der Waals surface area contributed by atoms with E-state index >= 15 is 0 Å². The summed E-state index contributed by atoms with van der Waals surface area (Å²) in [4.78, 5) is 0. The van der Waals surface area contributed by atoms with Gasteiger partial charge in [-0.3, -0.25) is 0 Å². The predicted molar refractivity (Wildman–Crippen MR) is 137 cm³/mol. The minimum Gasteiger partial charge on any atom is -0.496 e. The van der Waals surface area contributed by atoms with E-state index < -0.39 is 27.0 Å². The number of ether oxygens (including phenoxy) is 1. The van der Waals surface area contributed by atoms with Crippen molar-refractivity contribution in [1.82, 2.24) is 0 Å². The van der Waals surface area contributed by atoms with Crippen molar-refractivity contribution >= 4 is 22.3 Å². The second-order valence-electron chi connectivity index (χ2n) is 8.36. The minimum absolute atomic E-state index is 0.00143. The zero-order valence-electron chi connectivity index (χ0n) is 20.1. The van der Waals surface area contributed by atoms with Crippen molar-refractivity contribution in [3.8, 4) is 11.5 Å². The molecule has 0 saturated carbocycles. The van der Waals surface area contributed by atoms with Crippen LogP contribution in [0.1, 0.15) is 29.5 Å². The van der Waals surface area contributed by atoms with Gasteiger partial charge in [-0.2, -0.15) is 21.6 Å². The van der Waals surface area contributed by atoms with Crippen molar-refractivity contribution in [2.24, 2.45) is 0 Å². The van der Waals surface area contributed by atoms with E-state index in [0.717, 1.165) is 17.2 Å². The summed E-state index contributed by atoms with van der Waals surface area (Å²) in [5.41, 5.74) is -5.31. The smallest absolute Gasteiger partial charge is 0.496 e. The third-order valence-corrected chi connectivity index (χ3v) is 6.48. The monoisotopic (exact) mass is 532 g/mol. The number of hydrogen-bond donors (Lipinski definition) is 1. The van der Waals surface area contributed by atoms with Crippen molar-refractivity contribution in [2.45, 2.75) is 30.4 Å². The van der Waals surface area contributed by atoms with Gasteiger partial charge in [0.1, 0.15) is 11.5 Å². The molecule has 0 saturated heterocycles. The van der Waals surface area contributed by atoms with Crippen LogP contribution in [0.4, 0.5) is 13.2 Å².